The van der Waals surface area contributed by atoms with Gasteiger partial charge in [-0.05, 0) is 47.0 Å². The van der Waals surface area contributed by atoms with E-state index in [1.165, 1.54) is 11.3 Å². The van der Waals surface area contributed by atoms with Gasteiger partial charge in [-0.25, -0.2) is 4.98 Å². The molecule has 6 heteroatoms. The van der Waals surface area contributed by atoms with Gasteiger partial charge < -0.3 is 14.4 Å². The topological polar surface area (TPSA) is 63.4 Å². The molecule has 0 radical (unpaired) electrons. The maximum atomic E-state index is 10.5. The minimum absolute atomic E-state index is 0.264. The van der Waals surface area contributed by atoms with Crippen LogP contribution in [0.1, 0.15) is 11.3 Å². The summed E-state index contributed by atoms with van der Waals surface area (Å²) in [7, 11) is 2.00. The fraction of sp³-hybridized carbons (Fsp3) is 0.280. The normalized spacial score (nSPS) is 15.0. The standard InChI is InChI=1S/C25H26N4O2/c1-28-17-27-24-8-7-19(13-25(24)28)18-4-2-6-22(12-18)31-16-21(30)15-29-11-9-23-20(14-29)5-3-10-26-23/h2-8,10,12-13,17,21,30H,9,11,14-16H2,1H3. The van der Waals surface area contributed by atoms with Gasteiger partial charge >= 0.3 is 0 Å². The summed E-state index contributed by atoms with van der Waals surface area (Å²) in [5.41, 5.74) is 6.69. The molecule has 3 heterocycles. The number of β-amino-alcohol motifs (C(OH)–C–C–N with tert-alkyl or cyclic N) is 1. The van der Waals surface area contributed by atoms with Crippen LogP contribution in [0, 0.1) is 0 Å². The number of benzene rings is 2. The third kappa shape index (κ3) is 4.31. The minimum Gasteiger partial charge on any atom is -0.491 e. The lowest BCUT2D eigenvalue weighted by molar-refractivity contribution is 0.0635. The maximum Gasteiger partial charge on any atom is 0.120 e. The molecule has 4 aromatic rings. The summed E-state index contributed by atoms with van der Waals surface area (Å²) in [5.74, 6) is 0.759. The first kappa shape index (κ1) is 19.7. The number of hydrogen-bond donors (Lipinski definition) is 1. The van der Waals surface area contributed by atoms with Gasteiger partial charge in [-0.1, -0.05) is 24.3 Å². The fourth-order valence-electron chi connectivity index (χ4n) is 4.19. The average molecular weight is 415 g/mol. The minimum atomic E-state index is -0.548. The Morgan fingerprint density at radius 1 is 1.06 bits per heavy atom. The molecular weight excluding hydrogens is 388 g/mol. The summed E-state index contributed by atoms with van der Waals surface area (Å²) in [6, 6.07) is 18.3. The molecule has 0 bridgehead atoms. The van der Waals surface area contributed by atoms with E-state index >= 15 is 0 Å². The van der Waals surface area contributed by atoms with Crippen molar-refractivity contribution in [3.8, 4) is 16.9 Å². The van der Waals surface area contributed by atoms with Crippen LogP contribution >= 0.6 is 0 Å². The summed E-state index contributed by atoms with van der Waals surface area (Å²) in [4.78, 5) is 11.1. The molecule has 1 N–H and O–H groups in total. The van der Waals surface area contributed by atoms with Crippen LogP contribution < -0.4 is 4.74 Å². The summed E-state index contributed by atoms with van der Waals surface area (Å²) in [6.45, 7) is 2.59. The molecule has 6 nitrogen and oxygen atoms in total. The summed E-state index contributed by atoms with van der Waals surface area (Å²) in [6.07, 6.45) is 4.05. The van der Waals surface area contributed by atoms with Gasteiger partial charge in [0.25, 0.3) is 0 Å². The first-order chi connectivity index (χ1) is 15.2. The average Bonchev–Trinajstić information content (AvgIpc) is 3.18. The number of pyridine rings is 1. The molecule has 158 valence electrons. The molecule has 1 aliphatic heterocycles. The van der Waals surface area contributed by atoms with Crippen molar-refractivity contribution in [3.63, 3.8) is 0 Å². The van der Waals surface area contributed by atoms with Crippen LogP contribution in [-0.4, -0.2) is 50.3 Å². The lowest BCUT2D eigenvalue weighted by Gasteiger charge is -2.29. The highest BCUT2D eigenvalue weighted by molar-refractivity contribution is 5.82. The predicted molar refractivity (Wildman–Crippen MR) is 121 cm³/mol. The molecule has 0 aliphatic carbocycles. The Kier molecular flexibility index (Phi) is 5.40. The number of ether oxygens (including phenoxy) is 1. The lowest BCUT2D eigenvalue weighted by Crippen LogP contribution is -2.39. The van der Waals surface area contributed by atoms with Crippen molar-refractivity contribution in [2.24, 2.45) is 7.05 Å². The highest BCUT2D eigenvalue weighted by Gasteiger charge is 2.19. The predicted octanol–water partition coefficient (Wildman–Crippen LogP) is 3.43. The largest absolute Gasteiger partial charge is 0.491 e. The third-order valence-electron chi connectivity index (χ3n) is 5.85. The Morgan fingerprint density at radius 2 is 1.97 bits per heavy atom. The molecule has 0 saturated heterocycles. The second kappa shape index (κ2) is 8.49. The zero-order chi connectivity index (χ0) is 21.2. The number of nitrogens with zero attached hydrogens (tertiary/aromatic N) is 4. The van der Waals surface area contributed by atoms with Crippen LogP contribution in [0.5, 0.6) is 5.75 Å². The molecule has 31 heavy (non-hydrogen) atoms. The Morgan fingerprint density at radius 3 is 2.90 bits per heavy atom. The molecule has 0 fully saturated rings. The van der Waals surface area contributed by atoms with E-state index in [0.29, 0.717) is 6.54 Å². The van der Waals surface area contributed by atoms with Gasteiger partial charge in [0.05, 0.1) is 17.4 Å². The monoisotopic (exact) mass is 414 g/mol. The van der Waals surface area contributed by atoms with Crippen LogP contribution in [0.25, 0.3) is 22.2 Å². The Balaban J connectivity index is 1.21. The van der Waals surface area contributed by atoms with E-state index in [0.717, 1.165) is 47.4 Å². The van der Waals surface area contributed by atoms with Crippen molar-refractivity contribution < 1.29 is 9.84 Å². The number of aryl methyl sites for hydroxylation is 1. The fourth-order valence-corrected chi connectivity index (χ4v) is 4.19. The first-order valence-corrected chi connectivity index (χ1v) is 10.6. The molecule has 1 aliphatic rings. The number of rotatable bonds is 6. The second-order valence-electron chi connectivity index (χ2n) is 8.15. The van der Waals surface area contributed by atoms with Gasteiger partial charge in [0, 0.05) is 45.0 Å². The van der Waals surface area contributed by atoms with Gasteiger partial charge in [-0.15, -0.1) is 0 Å². The third-order valence-corrected chi connectivity index (χ3v) is 5.85. The quantitative estimate of drug-likeness (QED) is 0.524. The van der Waals surface area contributed by atoms with Gasteiger partial charge in [0.2, 0.25) is 0 Å². The molecule has 1 unspecified atom stereocenters. The second-order valence-corrected chi connectivity index (χ2v) is 8.15. The van der Waals surface area contributed by atoms with Crippen LogP contribution in [-0.2, 0) is 20.0 Å². The molecule has 2 aromatic heterocycles. The number of aliphatic hydroxyl groups is 1. The zero-order valence-corrected chi connectivity index (χ0v) is 17.6. The SMILES string of the molecule is Cn1cnc2ccc(-c3cccc(OCC(O)CN4CCc5ncccc5C4)c3)cc21. The van der Waals surface area contributed by atoms with Gasteiger partial charge in [0.1, 0.15) is 18.5 Å². The van der Waals surface area contributed by atoms with E-state index in [1.807, 2.05) is 54.5 Å². The number of hydrogen-bond acceptors (Lipinski definition) is 5. The molecule has 5 rings (SSSR count). The van der Waals surface area contributed by atoms with Crippen molar-refractivity contribution in [1.82, 2.24) is 19.4 Å². The molecule has 0 amide bonds. The molecule has 1 atom stereocenters. The van der Waals surface area contributed by atoms with E-state index in [-0.39, 0.29) is 6.61 Å². The van der Waals surface area contributed by atoms with E-state index in [2.05, 4.69) is 39.1 Å². The smallest absolute Gasteiger partial charge is 0.120 e. The molecule has 0 saturated carbocycles. The van der Waals surface area contributed by atoms with Gasteiger partial charge in [0.15, 0.2) is 0 Å². The lowest BCUT2D eigenvalue weighted by atomic mass is 10.0. The van der Waals surface area contributed by atoms with Gasteiger partial charge in [-0.2, -0.15) is 0 Å². The van der Waals surface area contributed by atoms with Crippen molar-refractivity contribution in [2.75, 3.05) is 19.7 Å². The highest BCUT2D eigenvalue weighted by Crippen LogP contribution is 2.27. The Labute approximate surface area is 181 Å². The van der Waals surface area contributed by atoms with Gasteiger partial charge in [-0.3, -0.25) is 9.88 Å². The number of aromatic nitrogens is 3. The number of aliphatic hydroxyl groups excluding tert-OH is 1. The van der Waals surface area contributed by atoms with Crippen molar-refractivity contribution in [3.05, 3.63) is 78.4 Å². The van der Waals surface area contributed by atoms with E-state index in [4.69, 9.17) is 4.74 Å². The molecular formula is C25H26N4O2. The van der Waals surface area contributed by atoms with Crippen LogP contribution in [0.4, 0.5) is 0 Å². The number of fused-ring (bicyclic) bond motifs is 2. The summed E-state index contributed by atoms with van der Waals surface area (Å²) < 4.78 is 7.95. The van der Waals surface area contributed by atoms with Crippen molar-refractivity contribution in [2.45, 2.75) is 19.1 Å². The number of imidazole rings is 1. The van der Waals surface area contributed by atoms with Crippen molar-refractivity contribution in [1.29, 1.82) is 0 Å². The summed E-state index contributed by atoms with van der Waals surface area (Å²) in [5, 5.41) is 10.5. The first-order valence-electron chi connectivity index (χ1n) is 10.6. The van der Waals surface area contributed by atoms with E-state index in [9.17, 15) is 5.11 Å². The van der Waals surface area contributed by atoms with Crippen LogP contribution in [0.2, 0.25) is 0 Å². The molecule has 2 aromatic carbocycles. The Hall–Kier alpha value is -3.22. The van der Waals surface area contributed by atoms with Crippen LogP contribution in [0.3, 0.4) is 0 Å². The zero-order valence-electron chi connectivity index (χ0n) is 17.6. The Bertz CT molecular complexity index is 1200. The maximum absolute atomic E-state index is 10.5. The van der Waals surface area contributed by atoms with Crippen LogP contribution in [0.15, 0.2) is 67.1 Å². The summed E-state index contributed by atoms with van der Waals surface area (Å²) >= 11 is 0. The van der Waals surface area contributed by atoms with E-state index in [1.54, 1.807) is 0 Å². The molecule has 0 spiro atoms. The highest BCUT2D eigenvalue weighted by atomic mass is 16.5. The van der Waals surface area contributed by atoms with Crippen molar-refractivity contribution >= 4 is 11.0 Å². The van der Waals surface area contributed by atoms with E-state index < -0.39 is 6.10 Å².